The van der Waals surface area contributed by atoms with E-state index in [2.05, 4.69) is 265 Å². The van der Waals surface area contributed by atoms with Crippen molar-refractivity contribution in [1.29, 1.82) is 0 Å². The van der Waals surface area contributed by atoms with E-state index in [-0.39, 0.29) is 0 Å². The molecule has 0 saturated carbocycles. The topological polar surface area (TPSA) is 6.48 Å². The van der Waals surface area contributed by atoms with Crippen molar-refractivity contribution in [1.82, 2.24) is 0 Å². The summed E-state index contributed by atoms with van der Waals surface area (Å²) in [4.78, 5) is 4.70. The second-order valence-corrected chi connectivity index (χ2v) is 15.0. The van der Waals surface area contributed by atoms with Crippen LogP contribution in [0.5, 0.6) is 0 Å². The maximum atomic E-state index is 2.36. The highest BCUT2D eigenvalue weighted by Gasteiger charge is 2.17. The van der Waals surface area contributed by atoms with Gasteiger partial charge in [0.2, 0.25) is 0 Å². The average Bonchev–Trinajstić information content (AvgIpc) is 3.33. The summed E-state index contributed by atoms with van der Waals surface area (Å²) in [5.74, 6) is 0. The Kier molecular flexibility index (Phi) is 10.0. The van der Waals surface area contributed by atoms with Gasteiger partial charge in [-0.25, -0.2) is 0 Å². The molecule has 10 aromatic rings. The van der Waals surface area contributed by atoms with E-state index in [1.165, 1.54) is 44.2 Å². The molecule has 2 heteroatoms. The van der Waals surface area contributed by atoms with Crippen molar-refractivity contribution in [3.63, 3.8) is 0 Å². The van der Waals surface area contributed by atoms with Crippen LogP contribution in [0.15, 0.2) is 255 Å². The number of nitrogens with zero attached hydrogens (tertiary/aromatic N) is 2. The molecule has 0 spiro atoms. The first-order chi connectivity index (χ1) is 29.7. The normalized spacial score (nSPS) is 11.0. The Morgan fingerprint density at radius 1 is 0.167 bits per heavy atom. The summed E-state index contributed by atoms with van der Waals surface area (Å²) in [6.45, 7) is 0. The standard InChI is InChI=1S/C58H42N2/c1-4-13-43(14-5-1)47-23-32-53(33-24-47)59(54-34-25-48(26-35-54)44-15-6-2-7-16-44)55-38-29-50(30-39-55)52-21-12-22-57(41-52)60(58-40-31-46-19-10-11-20-51(46)42-58)56-36-27-49(28-37-56)45-17-8-3-9-18-45/h1-42H. The second kappa shape index (κ2) is 16.5. The summed E-state index contributed by atoms with van der Waals surface area (Å²) in [5.41, 5.74) is 16.1. The lowest BCUT2D eigenvalue weighted by atomic mass is 10.0. The molecular weight excluding hydrogens is 725 g/mol. The maximum absolute atomic E-state index is 2.36. The van der Waals surface area contributed by atoms with E-state index in [1.54, 1.807) is 0 Å². The van der Waals surface area contributed by atoms with Gasteiger partial charge >= 0.3 is 0 Å². The van der Waals surface area contributed by atoms with Crippen LogP contribution < -0.4 is 9.80 Å². The zero-order valence-electron chi connectivity index (χ0n) is 33.1. The van der Waals surface area contributed by atoms with E-state index >= 15 is 0 Å². The van der Waals surface area contributed by atoms with E-state index in [0.717, 1.165) is 45.3 Å². The van der Waals surface area contributed by atoms with Crippen molar-refractivity contribution >= 4 is 44.9 Å². The summed E-state index contributed by atoms with van der Waals surface area (Å²) in [7, 11) is 0. The molecule has 0 aliphatic carbocycles. The van der Waals surface area contributed by atoms with Crippen molar-refractivity contribution < 1.29 is 0 Å². The molecule has 0 aliphatic heterocycles. The molecule has 0 N–H and O–H groups in total. The van der Waals surface area contributed by atoms with Gasteiger partial charge in [-0.05, 0) is 128 Å². The number of hydrogen-bond acceptors (Lipinski definition) is 2. The summed E-state index contributed by atoms with van der Waals surface area (Å²) in [5, 5.41) is 2.43. The second-order valence-electron chi connectivity index (χ2n) is 15.0. The Morgan fingerprint density at radius 3 is 0.900 bits per heavy atom. The predicted octanol–water partition coefficient (Wildman–Crippen LogP) is 16.4. The van der Waals surface area contributed by atoms with Gasteiger partial charge in [-0.15, -0.1) is 0 Å². The number of anilines is 6. The molecule has 2 nitrogen and oxygen atoms in total. The molecule has 0 heterocycles. The molecule has 0 unspecified atom stereocenters. The van der Waals surface area contributed by atoms with Crippen molar-refractivity contribution in [2.24, 2.45) is 0 Å². The molecule has 0 atom stereocenters. The zero-order chi connectivity index (χ0) is 40.1. The van der Waals surface area contributed by atoms with Crippen LogP contribution in [0.2, 0.25) is 0 Å². The molecule has 284 valence electrons. The van der Waals surface area contributed by atoms with Crippen molar-refractivity contribution in [2.45, 2.75) is 0 Å². The van der Waals surface area contributed by atoms with E-state index in [9.17, 15) is 0 Å². The van der Waals surface area contributed by atoms with Crippen molar-refractivity contribution in [2.75, 3.05) is 9.80 Å². The molecule has 0 fully saturated rings. The lowest BCUT2D eigenvalue weighted by molar-refractivity contribution is 1.28. The van der Waals surface area contributed by atoms with Gasteiger partial charge in [-0.1, -0.05) is 182 Å². The maximum Gasteiger partial charge on any atom is 0.0468 e. The minimum Gasteiger partial charge on any atom is -0.311 e. The lowest BCUT2D eigenvalue weighted by Gasteiger charge is -2.27. The minimum atomic E-state index is 1.09. The highest BCUT2D eigenvalue weighted by molar-refractivity contribution is 5.90. The largest absolute Gasteiger partial charge is 0.311 e. The first-order valence-electron chi connectivity index (χ1n) is 20.5. The smallest absolute Gasteiger partial charge is 0.0468 e. The Morgan fingerprint density at radius 2 is 0.467 bits per heavy atom. The fourth-order valence-corrected chi connectivity index (χ4v) is 8.14. The third kappa shape index (κ3) is 7.58. The first kappa shape index (κ1) is 36.4. The fourth-order valence-electron chi connectivity index (χ4n) is 8.14. The molecule has 0 aliphatic rings. The van der Waals surface area contributed by atoms with Crippen LogP contribution in [-0.2, 0) is 0 Å². The predicted molar refractivity (Wildman–Crippen MR) is 255 cm³/mol. The number of rotatable bonds is 10. The summed E-state index contributed by atoms with van der Waals surface area (Å²) >= 11 is 0. The Labute approximate surface area is 352 Å². The molecule has 0 aromatic heterocycles. The minimum absolute atomic E-state index is 1.09. The highest BCUT2D eigenvalue weighted by atomic mass is 15.1. The third-order valence-electron chi connectivity index (χ3n) is 11.3. The quantitative estimate of drug-likeness (QED) is 0.137. The lowest BCUT2D eigenvalue weighted by Crippen LogP contribution is -2.10. The first-order valence-corrected chi connectivity index (χ1v) is 20.5. The molecule has 10 rings (SSSR count). The highest BCUT2D eigenvalue weighted by Crippen LogP contribution is 2.41. The van der Waals surface area contributed by atoms with E-state index in [0.29, 0.717) is 0 Å². The monoisotopic (exact) mass is 766 g/mol. The van der Waals surface area contributed by atoms with Crippen LogP contribution in [0, 0.1) is 0 Å². The molecule has 0 saturated heterocycles. The summed E-state index contributed by atoms with van der Waals surface area (Å²) in [6.07, 6.45) is 0. The van der Waals surface area contributed by atoms with Gasteiger partial charge in [-0.2, -0.15) is 0 Å². The van der Waals surface area contributed by atoms with Gasteiger partial charge < -0.3 is 9.80 Å². The third-order valence-corrected chi connectivity index (χ3v) is 11.3. The Hall–Kier alpha value is -7.94. The number of fused-ring (bicyclic) bond motifs is 1. The van der Waals surface area contributed by atoms with Gasteiger partial charge in [0.05, 0.1) is 0 Å². The molecular formula is C58H42N2. The fraction of sp³-hybridized carbons (Fsp3) is 0. The number of benzene rings is 10. The van der Waals surface area contributed by atoms with Crippen LogP contribution in [0.1, 0.15) is 0 Å². The van der Waals surface area contributed by atoms with Crippen LogP contribution in [-0.4, -0.2) is 0 Å². The van der Waals surface area contributed by atoms with Crippen molar-refractivity contribution in [3.8, 4) is 44.5 Å². The molecule has 0 amide bonds. The van der Waals surface area contributed by atoms with Crippen LogP contribution >= 0.6 is 0 Å². The summed E-state index contributed by atoms with van der Waals surface area (Å²) < 4.78 is 0. The van der Waals surface area contributed by atoms with Gasteiger partial charge in [0.15, 0.2) is 0 Å². The van der Waals surface area contributed by atoms with Crippen LogP contribution in [0.4, 0.5) is 34.1 Å². The Bertz CT molecular complexity index is 2890. The van der Waals surface area contributed by atoms with Crippen LogP contribution in [0.3, 0.4) is 0 Å². The van der Waals surface area contributed by atoms with Gasteiger partial charge in [0, 0.05) is 34.1 Å². The van der Waals surface area contributed by atoms with Crippen LogP contribution in [0.25, 0.3) is 55.3 Å². The van der Waals surface area contributed by atoms with Gasteiger partial charge in [0.1, 0.15) is 0 Å². The van der Waals surface area contributed by atoms with E-state index in [1.807, 2.05) is 0 Å². The molecule has 0 radical (unpaired) electrons. The van der Waals surface area contributed by atoms with Gasteiger partial charge in [-0.3, -0.25) is 0 Å². The summed E-state index contributed by atoms with van der Waals surface area (Å²) in [6, 6.07) is 91.4. The van der Waals surface area contributed by atoms with E-state index < -0.39 is 0 Å². The Balaban J connectivity index is 1.01. The molecule has 10 aromatic carbocycles. The molecule has 60 heavy (non-hydrogen) atoms. The van der Waals surface area contributed by atoms with E-state index in [4.69, 9.17) is 0 Å². The number of hydrogen-bond donors (Lipinski definition) is 0. The molecule has 0 bridgehead atoms. The zero-order valence-corrected chi connectivity index (χ0v) is 33.1. The van der Waals surface area contributed by atoms with Gasteiger partial charge in [0.25, 0.3) is 0 Å². The van der Waals surface area contributed by atoms with Crippen molar-refractivity contribution in [3.05, 3.63) is 255 Å². The average molecular weight is 767 g/mol. The SMILES string of the molecule is c1ccc(-c2ccc(N(c3ccc(-c4ccccc4)cc3)c3ccc(-c4cccc(N(c5ccc(-c6ccccc6)cc5)c5ccc6ccccc6c5)c4)cc3)cc2)cc1.